The molecule has 0 amide bonds. The lowest BCUT2D eigenvalue weighted by atomic mass is 9.81. The Kier molecular flexibility index (Phi) is 5.78. The van der Waals surface area contributed by atoms with Crippen LogP contribution in [0.2, 0.25) is 5.28 Å². The Labute approximate surface area is 160 Å². The molecule has 27 heavy (non-hydrogen) atoms. The van der Waals surface area contributed by atoms with Crippen molar-refractivity contribution < 1.29 is 17.9 Å². The molecule has 2 aromatic rings. The number of aromatic nitrogens is 4. The summed E-state index contributed by atoms with van der Waals surface area (Å²) in [4.78, 5) is 11.8. The molecule has 0 saturated heterocycles. The van der Waals surface area contributed by atoms with E-state index in [1.165, 1.54) is 17.9 Å². The summed E-state index contributed by atoms with van der Waals surface area (Å²) in [5, 5.41) is 3.37. The molecule has 1 fully saturated rings. The fraction of sp³-hybridized carbons (Fsp3) is 0.588. The Morgan fingerprint density at radius 3 is 2.56 bits per heavy atom. The summed E-state index contributed by atoms with van der Waals surface area (Å²) in [5.74, 6) is 2.00. The first kappa shape index (κ1) is 19.7. The largest absolute Gasteiger partial charge is 0.491 e. The molecule has 148 valence electrons. The number of methoxy groups -OCH3 is 1. The number of ether oxygens (including phenoxy) is 1. The van der Waals surface area contributed by atoms with Crippen molar-refractivity contribution in [3.8, 4) is 5.75 Å². The SMILES string of the molecule is COc1cnc(Cl)nc1NCC1CCC(c2nc(C(F)(F)F)cn2C)CC1. The Hall–Kier alpha value is -2.03. The average Bonchev–Trinajstić information content (AvgIpc) is 3.03. The van der Waals surface area contributed by atoms with Crippen molar-refractivity contribution in [2.45, 2.75) is 37.8 Å². The van der Waals surface area contributed by atoms with Crippen molar-refractivity contribution in [3.63, 3.8) is 0 Å². The first-order valence-electron chi connectivity index (χ1n) is 8.68. The van der Waals surface area contributed by atoms with E-state index in [9.17, 15) is 13.2 Å². The van der Waals surface area contributed by atoms with Crippen molar-refractivity contribution >= 4 is 17.4 Å². The summed E-state index contributed by atoms with van der Waals surface area (Å²) in [6, 6.07) is 0. The lowest BCUT2D eigenvalue weighted by molar-refractivity contribution is -0.141. The lowest BCUT2D eigenvalue weighted by Crippen LogP contribution is -2.22. The molecule has 1 aliphatic rings. The fourth-order valence-electron chi connectivity index (χ4n) is 3.49. The highest BCUT2D eigenvalue weighted by molar-refractivity contribution is 6.28. The van der Waals surface area contributed by atoms with Crippen molar-refractivity contribution in [1.29, 1.82) is 0 Å². The molecule has 2 aromatic heterocycles. The zero-order valence-electron chi connectivity index (χ0n) is 15.1. The molecule has 0 bridgehead atoms. The first-order valence-corrected chi connectivity index (χ1v) is 9.06. The van der Waals surface area contributed by atoms with Crippen LogP contribution in [0.25, 0.3) is 0 Å². The maximum Gasteiger partial charge on any atom is 0.434 e. The third-order valence-corrected chi connectivity index (χ3v) is 5.10. The van der Waals surface area contributed by atoms with Gasteiger partial charge in [-0.15, -0.1) is 0 Å². The van der Waals surface area contributed by atoms with Crippen LogP contribution in [0.15, 0.2) is 12.4 Å². The number of nitrogens with one attached hydrogen (secondary N) is 1. The van der Waals surface area contributed by atoms with E-state index in [4.69, 9.17) is 16.3 Å². The highest BCUT2D eigenvalue weighted by Crippen LogP contribution is 2.37. The van der Waals surface area contributed by atoms with Gasteiger partial charge in [0.1, 0.15) is 5.82 Å². The Bertz CT molecular complexity index is 787. The van der Waals surface area contributed by atoms with Gasteiger partial charge in [-0.25, -0.2) is 9.97 Å². The van der Waals surface area contributed by atoms with Gasteiger partial charge in [0, 0.05) is 25.7 Å². The molecule has 0 aliphatic heterocycles. The van der Waals surface area contributed by atoms with Gasteiger partial charge in [0.2, 0.25) is 5.28 Å². The Balaban J connectivity index is 1.57. The van der Waals surface area contributed by atoms with Gasteiger partial charge < -0.3 is 14.6 Å². The van der Waals surface area contributed by atoms with Gasteiger partial charge in [-0.2, -0.15) is 18.2 Å². The highest BCUT2D eigenvalue weighted by atomic mass is 35.5. The summed E-state index contributed by atoms with van der Waals surface area (Å²) in [5.41, 5.74) is -0.823. The normalized spacial score (nSPS) is 20.5. The van der Waals surface area contributed by atoms with Gasteiger partial charge in [-0.05, 0) is 43.2 Å². The zero-order valence-corrected chi connectivity index (χ0v) is 15.8. The molecule has 0 aromatic carbocycles. The molecule has 0 unspecified atom stereocenters. The zero-order chi connectivity index (χ0) is 19.6. The van der Waals surface area contributed by atoms with Crippen LogP contribution in [0.5, 0.6) is 5.75 Å². The molecule has 1 aliphatic carbocycles. The van der Waals surface area contributed by atoms with E-state index in [1.807, 2.05) is 0 Å². The second-order valence-corrected chi connectivity index (χ2v) is 7.09. The monoisotopic (exact) mass is 403 g/mol. The summed E-state index contributed by atoms with van der Waals surface area (Å²) < 4.78 is 45.3. The number of hydrogen-bond acceptors (Lipinski definition) is 5. The van der Waals surface area contributed by atoms with Crippen molar-refractivity contribution in [2.75, 3.05) is 19.0 Å². The van der Waals surface area contributed by atoms with E-state index in [1.54, 1.807) is 7.05 Å². The van der Waals surface area contributed by atoms with Gasteiger partial charge in [-0.1, -0.05) is 0 Å². The standard InChI is InChI=1S/C17H21ClF3N5O/c1-26-9-13(17(19,20)21)24-15(26)11-5-3-10(4-6-11)7-22-14-12(27-2)8-23-16(18)25-14/h8-11H,3-7H2,1-2H3,(H,22,23,25). The minimum absolute atomic E-state index is 0.0466. The predicted octanol–water partition coefficient (Wildman–Crippen LogP) is 4.28. The van der Waals surface area contributed by atoms with Gasteiger partial charge in [0.25, 0.3) is 0 Å². The quantitative estimate of drug-likeness (QED) is 0.755. The smallest absolute Gasteiger partial charge is 0.434 e. The molecular weight excluding hydrogens is 383 g/mol. The number of hydrogen-bond donors (Lipinski definition) is 1. The molecule has 0 atom stereocenters. The summed E-state index contributed by atoms with van der Waals surface area (Å²) in [7, 11) is 3.15. The molecular formula is C17H21ClF3N5O. The number of halogens is 4. The number of rotatable bonds is 5. The maximum atomic E-state index is 12.8. The molecule has 2 heterocycles. The van der Waals surface area contributed by atoms with Crippen molar-refractivity contribution in [1.82, 2.24) is 19.5 Å². The average molecular weight is 404 g/mol. The van der Waals surface area contributed by atoms with E-state index in [2.05, 4.69) is 20.3 Å². The van der Waals surface area contributed by atoms with Crippen LogP contribution in [0.3, 0.4) is 0 Å². The second kappa shape index (κ2) is 7.92. The van der Waals surface area contributed by atoms with E-state index in [-0.39, 0.29) is 11.2 Å². The summed E-state index contributed by atoms with van der Waals surface area (Å²) in [6.45, 7) is 0.685. The molecule has 6 nitrogen and oxygen atoms in total. The number of aryl methyl sites for hydroxylation is 1. The van der Waals surface area contributed by atoms with E-state index in [0.29, 0.717) is 29.9 Å². The third kappa shape index (κ3) is 4.63. The van der Waals surface area contributed by atoms with E-state index < -0.39 is 11.9 Å². The van der Waals surface area contributed by atoms with Crippen molar-refractivity contribution in [3.05, 3.63) is 29.2 Å². The van der Waals surface area contributed by atoms with Crippen LogP contribution in [-0.4, -0.2) is 33.2 Å². The Morgan fingerprint density at radius 1 is 1.26 bits per heavy atom. The maximum absolute atomic E-state index is 12.8. The minimum atomic E-state index is -4.41. The van der Waals surface area contributed by atoms with Crippen LogP contribution < -0.4 is 10.1 Å². The van der Waals surface area contributed by atoms with Gasteiger partial charge >= 0.3 is 6.18 Å². The van der Waals surface area contributed by atoms with Crippen LogP contribution >= 0.6 is 11.6 Å². The van der Waals surface area contributed by atoms with Crippen LogP contribution in [0.1, 0.15) is 43.1 Å². The molecule has 1 N–H and O–H groups in total. The molecule has 3 rings (SSSR count). The number of imidazole rings is 1. The third-order valence-electron chi connectivity index (χ3n) is 4.92. The van der Waals surface area contributed by atoms with Crippen LogP contribution in [0, 0.1) is 5.92 Å². The molecule has 10 heteroatoms. The highest BCUT2D eigenvalue weighted by Gasteiger charge is 2.36. The van der Waals surface area contributed by atoms with Crippen LogP contribution in [-0.2, 0) is 13.2 Å². The summed E-state index contributed by atoms with van der Waals surface area (Å²) in [6.07, 6.45) is 1.56. The summed E-state index contributed by atoms with van der Waals surface area (Å²) >= 11 is 5.82. The van der Waals surface area contributed by atoms with Gasteiger partial charge in [-0.3, -0.25) is 0 Å². The molecule has 0 radical (unpaired) electrons. The second-order valence-electron chi connectivity index (χ2n) is 6.75. The topological polar surface area (TPSA) is 64.9 Å². The van der Waals surface area contributed by atoms with E-state index >= 15 is 0 Å². The number of anilines is 1. The lowest BCUT2D eigenvalue weighted by Gasteiger charge is -2.28. The minimum Gasteiger partial charge on any atom is -0.491 e. The first-order chi connectivity index (χ1) is 12.8. The molecule has 0 spiro atoms. The Morgan fingerprint density at radius 2 is 1.96 bits per heavy atom. The van der Waals surface area contributed by atoms with E-state index in [0.717, 1.165) is 31.9 Å². The predicted molar refractivity (Wildman–Crippen MR) is 95.0 cm³/mol. The van der Waals surface area contributed by atoms with Crippen LogP contribution in [0.4, 0.5) is 19.0 Å². The number of alkyl halides is 3. The number of nitrogens with zero attached hydrogens (tertiary/aromatic N) is 4. The fourth-order valence-corrected chi connectivity index (χ4v) is 3.62. The molecule has 1 saturated carbocycles. The van der Waals surface area contributed by atoms with Crippen molar-refractivity contribution in [2.24, 2.45) is 13.0 Å². The van der Waals surface area contributed by atoms with Gasteiger partial charge in [0.05, 0.1) is 13.3 Å². The van der Waals surface area contributed by atoms with Gasteiger partial charge in [0.15, 0.2) is 17.3 Å².